The second-order valence-corrected chi connectivity index (χ2v) is 9.95. The molecule has 1 aliphatic heterocycles. The molecule has 0 spiro atoms. The lowest BCUT2D eigenvalue weighted by Crippen LogP contribution is -2.50. The number of halogens is 1. The van der Waals surface area contributed by atoms with Crippen molar-refractivity contribution in [2.75, 3.05) is 31.5 Å². The van der Waals surface area contributed by atoms with Gasteiger partial charge in [0.1, 0.15) is 5.82 Å². The molecule has 0 unspecified atom stereocenters. The first-order valence-electron chi connectivity index (χ1n) is 10.8. The standard InChI is InChI=1S/C25H24FN3O4S/c1-18-6-12-21(13-7-18)34(32,33)29-16-14-28(15-17-29)25(31)23-5-3-2-4-22(23)24(30)27-20-10-8-19(26)9-11-20/h2-13H,14-17H2,1H3,(H,27,30). The minimum Gasteiger partial charge on any atom is -0.336 e. The van der Waals surface area contributed by atoms with Crippen LogP contribution in [0.25, 0.3) is 0 Å². The summed E-state index contributed by atoms with van der Waals surface area (Å²) in [6.07, 6.45) is 0. The van der Waals surface area contributed by atoms with Gasteiger partial charge in [0.15, 0.2) is 0 Å². The molecule has 0 atom stereocenters. The van der Waals surface area contributed by atoms with E-state index in [0.29, 0.717) is 5.69 Å². The van der Waals surface area contributed by atoms with Gasteiger partial charge in [-0.2, -0.15) is 4.31 Å². The molecule has 0 bridgehead atoms. The number of carbonyl (C=O) groups excluding carboxylic acids is 2. The van der Waals surface area contributed by atoms with E-state index in [-0.39, 0.29) is 48.1 Å². The second-order valence-electron chi connectivity index (χ2n) is 8.02. The summed E-state index contributed by atoms with van der Waals surface area (Å²) in [6.45, 7) is 2.62. The van der Waals surface area contributed by atoms with Crippen molar-refractivity contribution in [1.82, 2.24) is 9.21 Å². The zero-order chi connectivity index (χ0) is 24.3. The summed E-state index contributed by atoms with van der Waals surface area (Å²) < 4.78 is 40.4. The van der Waals surface area contributed by atoms with Gasteiger partial charge in [0.05, 0.1) is 16.0 Å². The molecule has 0 radical (unpaired) electrons. The van der Waals surface area contributed by atoms with E-state index in [2.05, 4.69) is 5.32 Å². The van der Waals surface area contributed by atoms with Gasteiger partial charge in [-0.1, -0.05) is 29.8 Å². The zero-order valence-corrected chi connectivity index (χ0v) is 19.4. The Hall–Kier alpha value is -3.56. The van der Waals surface area contributed by atoms with E-state index in [1.54, 1.807) is 53.4 Å². The molecule has 34 heavy (non-hydrogen) atoms. The molecular weight excluding hydrogens is 457 g/mol. The molecule has 1 N–H and O–H groups in total. The van der Waals surface area contributed by atoms with E-state index in [1.807, 2.05) is 6.92 Å². The van der Waals surface area contributed by atoms with Crippen LogP contribution >= 0.6 is 0 Å². The first kappa shape index (κ1) is 23.6. The van der Waals surface area contributed by atoms with E-state index in [0.717, 1.165) is 5.56 Å². The van der Waals surface area contributed by atoms with Crippen LogP contribution in [0.2, 0.25) is 0 Å². The van der Waals surface area contributed by atoms with Crippen molar-refractivity contribution in [1.29, 1.82) is 0 Å². The van der Waals surface area contributed by atoms with Crippen molar-refractivity contribution in [3.8, 4) is 0 Å². The second kappa shape index (κ2) is 9.74. The number of sulfonamides is 1. The summed E-state index contributed by atoms with van der Waals surface area (Å²) in [5, 5.41) is 2.67. The number of piperazine rings is 1. The Balaban J connectivity index is 1.46. The van der Waals surface area contributed by atoms with E-state index in [4.69, 9.17) is 0 Å². The normalized spacial score (nSPS) is 14.6. The lowest BCUT2D eigenvalue weighted by atomic mass is 10.0. The summed E-state index contributed by atoms with van der Waals surface area (Å²) in [5.41, 5.74) is 1.78. The molecular formula is C25H24FN3O4S. The number of benzene rings is 3. The van der Waals surface area contributed by atoms with Crippen LogP contribution in [0, 0.1) is 12.7 Å². The third-order valence-corrected chi connectivity index (χ3v) is 7.60. The summed E-state index contributed by atoms with van der Waals surface area (Å²) >= 11 is 0. The highest BCUT2D eigenvalue weighted by molar-refractivity contribution is 7.89. The van der Waals surface area contributed by atoms with Gasteiger partial charge in [-0.3, -0.25) is 9.59 Å². The molecule has 1 fully saturated rings. The van der Waals surface area contributed by atoms with Gasteiger partial charge in [-0.15, -0.1) is 0 Å². The monoisotopic (exact) mass is 481 g/mol. The van der Waals surface area contributed by atoms with E-state index in [1.165, 1.54) is 28.6 Å². The van der Waals surface area contributed by atoms with Gasteiger partial charge >= 0.3 is 0 Å². The lowest BCUT2D eigenvalue weighted by molar-refractivity contribution is 0.0694. The molecule has 7 nitrogen and oxygen atoms in total. The summed E-state index contributed by atoms with van der Waals surface area (Å²) in [5.74, 6) is -1.26. The van der Waals surface area contributed by atoms with Crippen molar-refractivity contribution >= 4 is 27.5 Å². The van der Waals surface area contributed by atoms with Crippen molar-refractivity contribution in [3.05, 3.63) is 95.3 Å². The predicted octanol–water partition coefficient (Wildman–Crippen LogP) is 3.53. The number of hydrogen-bond acceptors (Lipinski definition) is 4. The Labute approximate surface area is 197 Å². The number of anilines is 1. The Morgan fingerprint density at radius 2 is 1.41 bits per heavy atom. The number of aryl methyl sites for hydroxylation is 1. The molecule has 3 aromatic carbocycles. The van der Waals surface area contributed by atoms with Gasteiger partial charge in [-0.25, -0.2) is 12.8 Å². The molecule has 2 amide bonds. The molecule has 1 heterocycles. The van der Waals surface area contributed by atoms with Crippen LogP contribution in [0.15, 0.2) is 77.7 Å². The summed E-state index contributed by atoms with van der Waals surface area (Å²) in [4.78, 5) is 27.8. The molecule has 0 aromatic heterocycles. The van der Waals surface area contributed by atoms with Gasteiger partial charge in [0, 0.05) is 31.9 Å². The zero-order valence-electron chi connectivity index (χ0n) is 18.6. The average Bonchev–Trinajstić information content (AvgIpc) is 2.85. The molecule has 4 rings (SSSR count). The fourth-order valence-electron chi connectivity index (χ4n) is 3.76. The van der Waals surface area contributed by atoms with Crippen molar-refractivity contribution in [2.24, 2.45) is 0 Å². The minimum absolute atomic E-state index is 0.159. The largest absolute Gasteiger partial charge is 0.336 e. The Morgan fingerprint density at radius 3 is 2.03 bits per heavy atom. The maximum Gasteiger partial charge on any atom is 0.256 e. The van der Waals surface area contributed by atoms with Gasteiger partial charge in [0.2, 0.25) is 10.0 Å². The van der Waals surface area contributed by atoms with Crippen molar-refractivity contribution in [2.45, 2.75) is 11.8 Å². The van der Waals surface area contributed by atoms with E-state index < -0.39 is 21.7 Å². The van der Waals surface area contributed by atoms with E-state index >= 15 is 0 Å². The molecule has 3 aromatic rings. The van der Waals surface area contributed by atoms with Crippen molar-refractivity contribution in [3.63, 3.8) is 0 Å². The fraction of sp³-hybridized carbons (Fsp3) is 0.200. The highest BCUT2D eigenvalue weighted by Gasteiger charge is 2.31. The van der Waals surface area contributed by atoms with Gasteiger partial charge in [0.25, 0.3) is 11.8 Å². The predicted molar refractivity (Wildman–Crippen MR) is 127 cm³/mol. The number of carbonyl (C=O) groups is 2. The molecule has 0 saturated carbocycles. The summed E-state index contributed by atoms with van der Waals surface area (Å²) in [7, 11) is -3.65. The number of hydrogen-bond donors (Lipinski definition) is 1. The number of amides is 2. The Bertz CT molecular complexity index is 1300. The van der Waals surface area contributed by atoms with Crippen LogP contribution in [0.4, 0.5) is 10.1 Å². The topological polar surface area (TPSA) is 86.8 Å². The number of rotatable bonds is 5. The quantitative estimate of drug-likeness (QED) is 0.604. The van der Waals surface area contributed by atoms with Crippen LogP contribution in [0.3, 0.4) is 0 Å². The molecule has 1 aliphatic rings. The SMILES string of the molecule is Cc1ccc(S(=O)(=O)N2CCN(C(=O)c3ccccc3C(=O)Nc3ccc(F)cc3)CC2)cc1. The fourth-order valence-corrected chi connectivity index (χ4v) is 5.18. The minimum atomic E-state index is -3.65. The highest BCUT2D eigenvalue weighted by atomic mass is 32.2. The highest BCUT2D eigenvalue weighted by Crippen LogP contribution is 2.21. The summed E-state index contributed by atoms with van der Waals surface area (Å²) in [6, 6.07) is 18.4. The van der Waals surface area contributed by atoms with Gasteiger partial charge < -0.3 is 10.2 Å². The number of nitrogens with zero attached hydrogens (tertiary/aromatic N) is 2. The van der Waals surface area contributed by atoms with Crippen LogP contribution < -0.4 is 5.32 Å². The van der Waals surface area contributed by atoms with Gasteiger partial charge in [-0.05, 0) is 55.5 Å². The van der Waals surface area contributed by atoms with Crippen LogP contribution in [-0.2, 0) is 10.0 Å². The van der Waals surface area contributed by atoms with Crippen LogP contribution in [-0.4, -0.2) is 55.6 Å². The molecule has 0 aliphatic carbocycles. The first-order valence-corrected chi connectivity index (χ1v) is 12.2. The third-order valence-electron chi connectivity index (χ3n) is 5.69. The maximum absolute atomic E-state index is 13.2. The number of nitrogens with one attached hydrogen (secondary N) is 1. The lowest BCUT2D eigenvalue weighted by Gasteiger charge is -2.34. The maximum atomic E-state index is 13.2. The molecule has 176 valence electrons. The smallest absolute Gasteiger partial charge is 0.256 e. The van der Waals surface area contributed by atoms with Crippen molar-refractivity contribution < 1.29 is 22.4 Å². The Kier molecular flexibility index (Phi) is 6.76. The van der Waals surface area contributed by atoms with Crippen LogP contribution in [0.1, 0.15) is 26.3 Å². The Morgan fingerprint density at radius 1 is 0.824 bits per heavy atom. The van der Waals surface area contributed by atoms with Crippen LogP contribution in [0.5, 0.6) is 0 Å². The molecule has 1 saturated heterocycles. The molecule has 9 heteroatoms. The first-order chi connectivity index (χ1) is 16.3. The average molecular weight is 482 g/mol. The third kappa shape index (κ3) is 5.00. The van der Waals surface area contributed by atoms with E-state index in [9.17, 15) is 22.4 Å².